The fourth-order valence-electron chi connectivity index (χ4n) is 3.00. The second-order valence-corrected chi connectivity index (χ2v) is 8.48. The minimum Gasteiger partial charge on any atom is -0.261 e. The Kier molecular flexibility index (Phi) is 4.49. The van der Waals surface area contributed by atoms with Gasteiger partial charge in [-0.1, -0.05) is 12.1 Å². The third-order valence-electron chi connectivity index (χ3n) is 4.88. The molecule has 1 aromatic carbocycles. The zero-order valence-electron chi connectivity index (χ0n) is 14.7. The van der Waals surface area contributed by atoms with Gasteiger partial charge in [-0.2, -0.15) is 0 Å². The standard InChI is InChI=1S/C19H24N2O2S/c1-12-9-13(2)15(4)19(14(12)3)24(22,23)21-11-16-5-8-18(20-10-16)17-6-7-17/h5,8-10,17,21H,6-7,11H2,1-4H3. The first kappa shape index (κ1) is 17.1. The molecule has 3 rings (SSSR count). The summed E-state index contributed by atoms with van der Waals surface area (Å²) in [7, 11) is -3.56. The van der Waals surface area contributed by atoms with Crippen LogP contribution < -0.4 is 4.72 Å². The van der Waals surface area contributed by atoms with E-state index in [9.17, 15) is 8.42 Å². The van der Waals surface area contributed by atoms with Crippen LogP contribution in [0.15, 0.2) is 29.3 Å². The molecule has 5 heteroatoms. The van der Waals surface area contributed by atoms with Crippen LogP contribution in [0.2, 0.25) is 0 Å². The molecule has 1 aliphatic carbocycles. The normalized spacial score (nSPS) is 14.8. The summed E-state index contributed by atoms with van der Waals surface area (Å²) in [5, 5.41) is 0. The molecule has 4 nitrogen and oxygen atoms in total. The minimum absolute atomic E-state index is 0.256. The number of hydrogen-bond donors (Lipinski definition) is 1. The number of benzene rings is 1. The van der Waals surface area contributed by atoms with E-state index in [0.29, 0.717) is 10.8 Å². The van der Waals surface area contributed by atoms with Gasteiger partial charge in [-0.25, -0.2) is 13.1 Å². The fourth-order valence-corrected chi connectivity index (χ4v) is 4.62. The summed E-state index contributed by atoms with van der Waals surface area (Å²) in [5.41, 5.74) is 5.61. The topological polar surface area (TPSA) is 59.1 Å². The molecule has 0 radical (unpaired) electrons. The Labute approximate surface area is 144 Å². The van der Waals surface area contributed by atoms with Crippen molar-refractivity contribution < 1.29 is 8.42 Å². The van der Waals surface area contributed by atoms with E-state index >= 15 is 0 Å². The Morgan fingerprint density at radius 2 is 1.71 bits per heavy atom. The Hall–Kier alpha value is -1.72. The molecule has 0 aliphatic heterocycles. The Morgan fingerprint density at radius 1 is 1.08 bits per heavy atom. The van der Waals surface area contributed by atoms with E-state index in [2.05, 4.69) is 9.71 Å². The number of nitrogens with one attached hydrogen (secondary N) is 1. The molecule has 1 aromatic heterocycles. The van der Waals surface area contributed by atoms with Crippen LogP contribution >= 0.6 is 0 Å². The van der Waals surface area contributed by atoms with Crippen molar-refractivity contribution >= 4 is 10.0 Å². The highest BCUT2D eigenvalue weighted by Crippen LogP contribution is 2.38. The van der Waals surface area contributed by atoms with Crippen molar-refractivity contribution in [1.29, 1.82) is 0 Å². The summed E-state index contributed by atoms with van der Waals surface area (Å²) in [5.74, 6) is 0.608. The predicted octanol–water partition coefficient (Wildman–Crippen LogP) is 3.67. The Morgan fingerprint density at radius 3 is 2.21 bits per heavy atom. The highest BCUT2D eigenvalue weighted by Gasteiger charge is 2.25. The summed E-state index contributed by atoms with van der Waals surface area (Å²) >= 11 is 0. The van der Waals surface area contributed by atoms with Crippen LogP contribution in [-0.4, -0.2) is 13.4 Å². The molecule has 1 heterocycles. The monoisotopic (exact) mass is 344 g/mol. The maximum absolute atomic E-state index is 12.8. The lowest BCUT2D eigenvalue weighted by Gasteiger charge is -2.16. The van der Waals surface area contributed by atoms with Crippen LogP contribution in [-0.2, 0) is 16.6 Å². The maximum Gasteiger partial charge on any atom is 0.241 e. The number of rotatable bonds is 5. The van der Waals surface area contributed by atoms with Gasteiger partial charge in [0.1, 0.15) is 0 Å². The van der Waals surface area contributed by atoms with E-state index in [4.69, 9.17) is 0 Å². The van der Waals surface area contributed by atoms with Crippen molar-refractivity contribution in [3.8, 4) is 0 Å². The van der Waals surface area contributed by atoms with E-state index < -0.39 is 10.0 Å². The molecule has 1 N–H and O–H groups in total. The van der Waals surface area contributed by atoms with Crippen molar-refractivity contribution in [2.75, 3.05) is 0 Å². The van der Waals surface area contributed by atoms with Crippen LogP contribution in [0.3, 0.4) is 0 Å². The quantitative estimate of drug-likeness (QED) is 0.900. The van der Waals surface area contributed by atoms with E-state index in [1.165, 1.54) is 12.8 Å². The van der Waals surface area contributed by atoms with Gasteiger partial charge in [0.05, 0.1) is 4.90 Å². The zero-order chi connectivity index (χ0) is 17.5. The number of hydrogen-bond acceptors (Lipinski definition) is 3. The van der Waals surface area contributed by atoms with Crippen LogP contribution in [0.5, 0.6) is 0 Å². The van der Waals surface area contributed by atoms with Gasteiger partial charge in [-0.15, -0.1) is 0 Å². The van der Waals surface area contributed by atoms with E-state index in [1.807, 2.05) is 45.9 Å². The van der Waals surface area contributed by atoms with Gasteiger partial charge >= 0.3 is 0 Å². The summed E-state index contributed by atoms with van der Waals surface area (Å²) in [4.78, 5) is 4.85. The molecule has 24 heavy (non-hydrogen) atoms. The fraction of sp³-hybridized carbons (Fsp3) is 0.421. The van der Waals surface area contributed by atoms with Crippen molar-refractivity contribution in [2.24, 2.45) is 0 Å². The lowest BCUT2D eigenvalue weighted by atomic mass is 10.0. The number of aryl methyl sites for hydroxylation is 2. The van der Waals surface area contributed by atoms with Gasteiger partial charge in [-0.3, -0.25) is 4.98 Å². The molecule has 2 aromatic rings. The molecule has 0 bridgehead atoms. The minimum atomic E-state index is -3.56. The SMILES string of the molecule is Cc1cc(C)c(C)c(S(=O)(=O)NCc2ccc(C3CC3)nc2)c1C. The molecule has 0 atom stereocenters. The zero-order valence-corrected chi connectivity index (χ0v) is 15.5. The van der Waals surface area contributed by atoms with Gasteiger partial charge in [0.15, 0.2) is 0 Å². The molecule has 1 saturated carbocycles. The van der Waals surface area contributed by atoms with Crippen molar-refractivity contribution in [3.63, 3.8) is 0 Å². The third kappa shape index (κ3) is 3.37. The average molecular weight is 344 g/mol. The smallest absolute Gasteiger partial charge is 0.241 e. The summed E-state index contributed by atoms with van der Waals surface area (Å²) in [6.07, 6.45) is 4.20. The third-order valence-corrected chi connectivity index (χ3v) is 6.55. The average Bonchev–Trinajstić information content (AvgIpc) is 3.36. The Bertz CT molecular complexity index is 841. The van der Waals surface area contributed by atoms with Gasteiger partial charge in [0.25, 0.3) is 0 Å². The first-order valence-electron chi connectivity index (χ1n) is 8.31. The van der Waals surface area contributed by atoms with E-state index in [-0.39, 0.29) is 6.54 Å². The van der Waals surface area contributed by atoms with Gasteiger partial charge in [-0.05, 0) is 74.4 Å². The predicted molar refractivity (Wildman–Crippen MR) is 95.6 cm³/mol. The molecule has 1 aliphatic rings. The molecule has 0 amide bonds. The second-order valence-electron chi connectivity index (χ2n) is 6.78. The van der Waals surface area contributed by atoms with E-state index in [1.54, 1.807) is 6.20 Å². The summed E-state index contributed by atoms with van der Waals surface area (Å²) < 4.78 is 28.3. The van der Waals surface area contributed by atoms with Crippen molar-refractivity contribution in [1.82, 2.24) is 9.71 Å². The highest BCUT2D eigenvalue weighted by molar-refractivity contribution is 7.89. The van der Waals surface area contributed by atoms with Crippen molar-refractivity contribution in [2.45, 2.75) is 57.9 Å². The lowest BCUT2D eigenvalue weighted by Crippen LogP contribution is -2.25. The number of pyridine rings is 1. The molecule has 1 fully saturated rings. The van der Waals surface area contributed by atoms with Gasteiger partial charge < -0.3 is 0 Å². The number of sulfonamides is 1. The molecular weight excluding hydrogens is 320 g/mol. The molecule has 0 unspecified atom stereocenters. The summed E-state index contributed by atoms with van der Waals surface area (Å²) in [6.45, 7) is 7.87. The number of nitrogens with zero attached hydrogens (tertiary/aromatic N) is 1. The number of aromatic nitrogens is 1. The van der Waals surface area contributed by atoms with Crippen LogP contribution in [0, 0.1) is 27.7 Å². The first-order chi connectivity index (χ1) is 11.3. The van der Waals surface area contributed by atoms with Gasteiger partial charge in [0, 0.05) is 24.4 Å². The molecule has 128 valence electrons. The second kappa shape index (κ2) is 6.30. The highest BCUT2D eigenvalue weighted by atomic mass is 32.2. The van der Waals surface area contributed by atoms with Crippen LogP contribution in [0.25, 0.3) is 0 Å². The molecule has 0 saturated heterocycles. The van der Waals surface area contributed by atoms with Crippen LogP contribution in [0.1, 0.15) is 52.3 Å². The van der Waals surface area contributed by atoms with Crippen LogP contribution in [0.4, 0.5) is 0 Å². The van der Waals surface area contributed by atoms with E-state index in [0.717, 1.165) is 33.5 Å². The largest absolute Gasteiger partial charge is 0.261 e. The molecular formula is C19H24N2O2S. The summed E-state index contributed by atoms with van der Waals surface area (Å²) in [6, 6.07) is 6.00. The maximum atomic E-state index is 12.8. The first-order valence-corrected chi connectivity index (χ1v) is 9.80. The Balaban J connectivity index is 1.81. The van der Waals surface area contributed by atoms with Gasteiger partial charge in [0.2, 0.25) is 10.0 Å². The lowest BCUT2D eigenvalue weighted by molar-refractivity contribution is 0.579. The van der Waals surface area contributed by atoms with Crippen molar-refractivity contribution in [3.05, 3.63) is 57.9 Å². The molecule has 0 spiro atoms.